The summed E-state index contributed by atoms with van der Waals surface area (Å²) in [7, 11) is 0. The monoisotopic (exact) mass is 542 g/mol. The molecule has 2 aliphatic rings. The fourth-order valence-corrected chi connectivity index (χ4v) is 5.24. The van der Waals surface area contributed by atoms with Crippen LogP contribution in [0.3, 0.4) is 0 Å². The molecule has 4 atom stereocenters. The Labute approximate surface area is 232 Å². The van der Waals surface area contributed by atoms with Crippen LogP contribution in [0.25, 0.3) is 6.08 Å². The third kappa shape index (κ3) is 9.74. The fraction of sp³-hybridized carbons (Fsp3) is 0.633. The van der Waals surface area contributed by atoms with Crippen LogP contribution in [0, 0.1) is 17.8 Å². The van der Waals surface area contributed by atoms with Crippen molar-refractivity contribution in [3.63, 3.8) is 0 Å². The van der Waals surface area contributed by atoms with Gasteiger partial charge in [0.15, 0.2) is 6.29 Å². The molecule has 3 rings (SSSR count). The Morgan fingerprint density at radius 2 is 1.72 bits per heavy atom. The lowest BCUT2D eigenvalue weighted by molar-refractivity contribution is -0.203. The van der Waals surface area contributed by atoms with Gasteiger partial charge in [0.2, 0.25) is 11.8 Å². The number of hydrogen-bond donors (Lipinski definition) is 3. The number of nitrogens with zero attached hydrogens (tertiary/aromatic N) is 1. The highest BCUT2D eigenvalue weighted by molar-refractivity contribution is 5.90. The third-order valence-corrected chi connectivity index (χ3v) is 7.36. The number of carbonyl (C=O) groups excluding carboxylic acids is 3. The van der Waals surface area contributed by atoms with Gasteiger partial charge in [-0.25, -0.2) is 15.3 Å². The molecule has 0 radical (unpaired) electrons. The average Bonchev–Trinajstić information content (AvgIpc) is 3.47. The minimum Gasteiger partial charge on any atom is -0.350 e. The van der Waals surface area contributed by atoms with Gasteiger partial charge < -0.3 is 10.5 Å². The second-order valence-corrected chi connectivity index (χ2v) is 11.2. The molecule has 0 aromatic heterocycles. The van der Waals surface area contributed by atoms with E-state index in [2.05, 4.69) is 10.9 Å². The van der Waals surface area contributed by atoms with E-state index in [4.69, 9.17) is 15.3 Å². The minimum absolute atomic E-state index is 0.0933. The predicted octanol–water partition coefficient (Wildman–Crippen LogP) is 4.09. The predicted molar refractivity (Wildman–Crippen MR) is 150 cm³/mol. The van der Waals surface area contributed by atoms with Gasteiger partial charge in [-0.3, -0.25) is 19.8 Å². The number of amides is 3. The minimum atomic E-state index is -0.744. The topological polar surface area (TPSA) is 123 Å². The van der Waals surface area contributed by atoms with E-state index in [0.29, 0.717) is 25.9 Å². The lowest BCUT2D eigenvalue weighted by Gasteiger charge is -2.34. The Morgan fingerprint density at radius 1 is 1.03 bits per heavy atom. The number of allylic oxidation sites excluding steroid dienone is 1. The number of hydrazine groups is 1. The molecule has 9 heteroatoms. The van der Waals surface area contributed by atoms with Crippen molar-refractivity contribution in [3.8, 4) is 0 Å². The summed E-state index contributed by atoms with van der Waals surface area (Å²) in [6.45, 7) is 6.25. The number of rotatable bonds is 12. The van der Waals surface area contributed by atoms with Gasteiger partial charge in [-0.05, 0) is 56.9 Å². The van der Waals surface area contributed by atoms with Crippen molar-refractivity contribution in [3.05, 3.63) is 42.0 Å². The van der Waals surface area contributed by atoms with Crippen LogP contribution in [-0.2, 0) is 24.0 Å². The first-order valence-corrected chi connectivity index (χ1v) is 14.4. The normalized spacial score (nSPS) is 20.5. The van der Waals surface area contributed by atoms with E-state index in [1.807, 2.05) is 56.3 Å². The van der Waals surface area contributed by atoms with Gasteiger partial charge in [0.1, 0.15) is 0 Å². The number of hydrogen-bond acceptors (Lipinski definition) is 6. The highest BCUT2D eigenvalue weighted by atomic mass is 16.8. The van der Waals surface area contributed by atoms with Crippen molar-refractivity contribution in [2.45, 2.75) is 96.9 Å². The number of hydroxylamine groups is 1. The van der Waals surface area contributed by atoms with Crippen molar-refractivity contribution in [2.24, 2.45) is 23.5 Å². The second-order valence-electron chi connectivity index (χ2n) is 11.2. The van der Waals surface area contributed by atoms with Crippen molar-refractivity contribution < 1.29 is 24.0 Å². The van der Waals surface area contributed by atoms with E-state index in [1.165, 1.54) is 5.01 Å². The molecule has 3 amide bonds. The molecule has 39 heavy (non-hydrogen) atoms. The molecule has 1 saturated carbocycles. The molecular formula is C30H46N4O5. The van der Waals surface area contributed by atoms with E-state index in [0.717, 1.165) is 44.1 Å². The summed E-state index contributed by atoms with van der Waals surface area (Å²) in [6.07, 6.45) is 10.4. The fourth-order valence-electron chi connectivity index (χ4n) is 5.24. The van der Waals surface area contributed by atoms with E-state index in [9.17, 15) is 14.4 Å². The van der Waals surface area contributed by atoms with Crippen molar-refractivity contribution in [1.82, 2.24) is 15.9 Å². The number of benzene rings is 1. The first-order chi connectivity index (χ1) is 18.8. The standard InChI is InChI=1S/C30H46N4O5/c1-21(2)20-26(28(35)32-34(30(37)22(3)31)24-15-7-8-16-24)25(17-11-14-23-12-5-4-6-13-23)29(36)33-39-27-18-9-10-19-38-27/h4-6,11-14,21-22,24-27H,7-10,15-20,31H2,1-3H3,(H,32,35)(H,33,36)/t22-,25+,26-,27?/m1/s1. The third-order valence-electron chi connectivity index (χ3n) is 7.36. The molecule has 2 fully saturated rings. The summed E-state index contributed by atoms with van der Waals surface area (Å²) in [5.41, 5.74) is 12.4. The maximum absolute atomic E-state index is 13.8. The summed E-state index contributed by atoms with van der Waals surface area (Å²) < 4.78 is 5.59. The summed E-state index contributed by atoms with van der Waals surface area (Å²) in [4.78, 5) is 46.0. The lowest BCUT2D eigenvalue weighted by Crippen LogP contribution is -2.57. The molecule has 1 unspecified atom stereocenters. The van der Waals surface area contributed by atoms with Crippen LogP contribution in [0.15, 0.2) is 36.4 Å². The second kappa shape index (κ2) is 15.7. The summed E-state index contributed by atoms with van der Waals surface area (Å²) in [5, 5.41) is 1.43. The zero-order valence-corrected chi connectivity index (χ0v) is 23.6. The molecule has 9 nitrogen and oxygen atoms in total. The van der Waals surface area contributed by atoms with Gasteiger partial charge in [-0.2, -0.15) is 0 Å². The van der Waals surface area contributed by atoms with E-state index in [-0.39, 0.29) is 29.7 Å². The van der Waals surface area contributed by atoms with Gasteiger partial charge in [0.25, 0.3) is 5.91 Å². The van der Waals surface area contributed by atoms with E-state index in [1.54, 1.807) is 6.92 Å². The number of nitrogens with two attached hydrogens (primary N) is 1. The highest BCUT2D eigenvalue weighted by Crippen LogP contribution is 2.28. The largest absolute Gasteiger partial charge is 0.350 e. The average molecular weight is 543 g/mol. The van der Waals surface area contributed by atoms with Gasteiger partial charge >= 0.3 is 0 Å². The molecule has 1 aliphatic carbocycles. The molecule has 1 saturated heterocycles. The summed E-state index contributed by atoms with van der Waals surface area (Å²) in [5.74, 6) is -2.32. The Kier molecular flexibility index (Phi) is 12.4. The SMILES string of the molecule is CC(C)C[C@@H](C(=O)NN(C(=O)[C@@H](C)N)C1CCCC1)[C@H](CC=Cc1ccccc1)C(=O)NOC1CCCCO1. The quantitative estimate of drug-likeness (QED) is 0.342. The molecule has 0 bridgehead atoms. The Bertz CT molecular complexity index is 940. The molecule has 1 aliphatic heterocycles. The molecule has 4 N–H and O–H groups in total. The number of ether oxygens (including phenoxy) is 1. The molecule has 0 spiro atoms. The molecule has 216 valence electrons. The summed E-state index contributed by atoms with van der Waals surface area (Å²) in [6, 6.07) is 8.96. The van der Waals surface area contributed by atoms with Crippen LogP contribution in [0.5, 0.6) is 0 Å². The van der Waals surface area contributed by atoms with E-state index < -0.39 is 24.2 Å². The molecule has 1 aromatic carbocycles. The van der Waals surface area contributed by atoms with Crippen LogP contribution >= 0.6 is 0 Å². The maximum atomic E-state index is 13.8. The zero-order chi connectivity index (χ0) is 28.2. The lowest BCUT2D eigenvalue weighted by atomic mass is 9.82. The highest BCUT2D eigenvalue weighted by Gasteiger charge is 2.37. The van der Waals surface area contributed by atoms with Crippen molar-refractivity contribution in [1.29, 1.82) is 0 Å². The van der Waals surface area contributed by atoms with E-state index >= 15 is 0 Å². The van der Waals surface area contributed by atoms with Gasteiger partial charge in [-0.1, -0.05) is 69.2 Å². The first-order valence-electron chi connectivity index (χ1n) is 14.4. The molecule has 1 aromatic rings. The Hall–Kier alpha value is -2.75. The Balaban J connectivity index is 1.82. The number of carbonyl (C=O) groups is 3. The van der Waals surface area contributed by atoms with Crippen LogP contribution in [0.2, 0.25) is 0 Å². The smallest absolute Gasteiger partial charge is 0.257 e. The van der Waals surface area contributed by atoms with Gasteiger partial charge in [0.05, 0.1) is 23.9 Å². The van der Waals surface area contributed by atoms with Gasteiger partial charge in [-0.15, -0.1) is 0 Å². The zero-order valence-electron chi connectivity index (χ0n) is 23.6. The number of nitrogens with one attached hydrogen (secondary N) is 2. The van der Waals surface area contributed by atoms with Crippen LogP contribution in [0.1, 0.15) is 84.1 Å². The van der Waals surface area contributed by atoms with Gasteiger partial charge in [0, 0.05) is 13.0 Å². The molecule has 1 heterocycles. The van der Waals surface area contributed by atoms with Crippen LogP contribution in [-0.4, -0.2) is 47.7 Å². The summed E-state index contributed by atoms with van der Waals surface area (Å²) >= 11 is 0. The van der Waals surface area contributed by atoms with Crippen LogP contribution < -0.4 is 16.6 Å². The maximum Gasteiger partial charge on any atom is 0.257 e. The van der Waals surface area contributed by atoms with Crippen LogP contribution in [0.4, 0.5) is 0 Å². The van der Waals surface area contributed by atoms with Crippen molar-refractivity contribution in [2.75, 3.05) is 6.61 Å². The first kappa shape index (κ1) is 30.8. The Morgan fingerprint density at radius 3 is 2.33 bits per heavy atom. The van der Waals surface area contributed by atoms with Crippen molar-refractivity contribution >= 4 is 23.8 Å². The molecular weight excluding hydrogens is 496 g/mol.